The molecule has 33 heavy (non-hydrogen) atoms. The van der Waals surface area contributed by atoms with E-state index in [0.29, 0.717) is 17.4 Å². The number of para-hydroxylation sites is 1. The van der Waals surface area contributed by atoms with Gasteiger partial charge in [0.05, 0.1) is 10.6 Å². The van der Waals surface area contributed by atoms with E-state index in [9.17, 15) is 8.42 Å². The third kappa shape index (κ3) is 5.79. The largest absolute Gasteiger partial charge is 0.439 e. The Morgan fingerprint density at radius 3 is 2.24 bits per heavy atom. The Morgan fingerprint density at radius 1 is 0.970 bits per heavy atom. The van der Waals surface area contributed by atoms with Crippen molar-refractivity contribution in [1.82, 2.24) is 9.97 Å². The van der Waals surface area contributed by atoms with Crippen LogP contribution in [0.15, 0.2) is 77.7 Å². The first kappa shape index (κ1) is 23.0. The molecular weight excluding hydrogens is 434 g/mol. The van der Waals surface area contributed by atoms with Crippen molar-refractivity contribution in [2.24, 2.45) is 11.3 Å². The molecule has 0 spiro atoms. The van der Waals surface area contributed by atoms with Crippen LogP contribution < -0.4 is 9.46 Å². The summed E-state index contributed by atoms with van der Waals surface area (Å²) in [6, 6.07) is 19.2. The van der Waals surface area contributed by atoms with Crippen LogP contribution in [0.4, 0.5) is 5.95 Å². The highest BCUT2D eigenvalue weighted by atomic mass is 32.2. The van der Waals surface area contributed by atoms with Crippen molar-refractivity contribution in [2.75, 3.05) is 4.72 Å². The second-order valence-corrected chi connectivity index (χ2v) is 11.0. The lowest BCUT2D eigenvalue weighted by molar-refractivity contribution is 0.225. The Bertz CT molecular complexity index is 1230. The van der Waals surface area contributed by atoms with Gasteiger partial charge in [-0.15, -0.1) is 0 Å². The average Bonchev–Trinajstić information content (AvgIpc) is 2.79. The second kappa shape index (κ2) is 9.35. The van der Waals surface area contributed by atoms with Gasteiger partial charge < -0.3 is 4.74 Å². The Morgan fingerprint density at radius 2 is 1.64 bits per heavy atom. The van der Waals surface area contributed by atoms with Crippen LogP contribution in [-0.4, -0.2) is 18.4 Å². The molecule has 3 aromatic rings. The van der Waals surface area contributed by atoms with Crippen LogP contribution in [0.5, 0.6) is 11.6 Å². The van der Waals surface area contributed by atoms with E-state index in [1.54, 1.807) is 24.3 Å². The van der Waals surface area contributed by atoms with Crippen LogP contribution in [0.2, 0.25) is 0 Å². The standard InChI is InChI=1S/C26H29N3O3S/c1-26(2,3)20-16-14-19(15-17-20)23-18-24(32-21-10-6-4-7-11-21)28-25(27-23)29-33(30,31)22-12-8-5-9-13-22/h4-14,18,20H,15-17H2,1-3H3,(H,27,28,29). The number of benzene rings is 2. The fourth-order valence-corrected chi connectivity index (χ4v) is 4.89. The van der Waals surface area contributed by atoms with Gasteiger partial charge in [-0.2, -0.15) is 4.98 Å². The number of ether oxygens (including phenoxy) is 1. The number of aromatic nitrogens is 2. The number of rotatable bonds is 6. The summed E-state index contributed by atoms with van der Waals surface area (Å²) in [5, 5.41) is 0. The molecule has 1 heterocycles. The molecule has 6 nitrogen and oxygen atoms in total. The minimum atomic E-state index is -3.83. The fourth-order valence-electron chi connectivity index (χ4n) is 3.93. The molecule has 0 aliphatic heterocycles. The van der Waals surface area contributed by atoms with E-state index in [1.807, 2.05) is 30.3 Å². The fraction of sp³-hybridized carbons (Fsp3) is 0.308. The van der Waals surface area contributed by atoms with E-state index < -0.39 is 10.0 Å². The highest BCUT2D eigenvalue weighted by Crippen LogP contribution is 2.40. The van der Waals surface area contributed by atoms with E-state index in [2.05, 4.69) is 41.5 Å². The Hall–Kier alpha value is -3.19. The van der Waals surface area contributed by atoms with E-state index in [4.69, 9.17) is 4.74 Å². The van der Waals surface area contributed by atoms with Gasteiger partial charge in [-0.05, 0) is 60.4 Å². The van der Waals surface area contributed by atoms with Crippen LogP contribution >= 0.6 is 0 Å². The predicted molar refractivity (Wildman–Crippen MR) is 131 cm³/mol. The van der Waals surface area contributed by atoms with Gasteiger partial charge in [0.25, 0.3) is 10.0 Å². The average molecular weight is 464 g/mol. The number of sulfonamides is 1. The molecule has 4 rings (SSSR count). The van der Waals surface area contributed by atoms with E-state index in [1.165, 1.54) is 12.1 Å². The molecule has 0 fully saturated rings. The van der Waals surface area contributed by atoms with Crippen molar-refractivity contribution in [3.05, 3.63) is 78.5 Å². The number of hydrogen-bond acceptors (Lipinski definition) is 5. The van der Waals surface area contributed by atoms with Crippen molar-refractivity contribution in [1.29, 1.82) is 0 Å². The van der Waals surface area contributed by atoms with Gasteiger partial charge in [0.15, 0.2) is 0 Å². The molecular formula is C26H29N3O3S. The molecule has 0 radical (unpaired) electrons. The Balaban J connectivity index is 1.68. The first-order valence-electron chi connectivity index (χ1n) is 11.1. The Kier molecular flexibility index (Phi) is 6.51. The smallest absolute Gasteiger partial charge is 0.264 e. The first-order valence-corrected chi connectivity index (χ1v) is 12.6. The van der Waals surface area contributed by atoms with Crippen molar-refractivity contribution in [3.8, 4) is 11.6 Å². The summed E-state index contributed by atoms with van der Waals surface area (Å²) in [5.41, 5.74) is 2.00. The van der Waals surface area contributed by atoms with Gasteiger partial charge >= 0.3 is 0 Å². The first-order chi connectivity index (χ1) is 15.7. The second-order valence-electron chi connectivity index (χ2n) is 9.32. The molecule has 1 aliphatic rings. The summed E-state index contributed by atoms with van der Waals surface area (Å²) < 4.78 is 34.2. The number of anilines is 1. The lowest BCUT2D eigenvalue weighted by Gasteiger charge is -2.33. The number of nitrogens with zero attached hydrogens (tertiary/aromatic N) is 2. The maximum atomic E-state index is 12.9. The molecule has 1 aliphatic carbocycles. The molecule has 1 atom stereocenters. The summed E-state index contributed by atoms with van der Waals surface area (Å²) >= 11 is 0. The van der Waals surface area contributed by atoms with Crippen molar-refractivity contribution in [3.63, 3.8) is 0 Å². The number of nitrogens with one attached hydrogen (secondary N) is 1. The zero-order valence-electron chi connectivity index (χ0n) is 19.2. The maximum absolute atomic E-state index is 12.9. The van der Waals surface area contributed by atoms with Crippen molar-refractivity contribution < 1.29 is 13.2 Å². The molecule has 0 saturated carbocycles. The summed E-state index contributed by atoms with van der Waals surface area (Å²) in [6.07, 6.45) is 5.10. The van der Waals surface area contributed by atoms with Gasteiger partial charge in [0, 0.05) is 6.07 Å². The summed E-state index contributed by atoms with van der Waals surface area (Å²) in [7, 11) is -3.83. The van der Waals surface area contributed by atoms with Gasteiger partial charge in [-0.25, -0.2) is 18.1 Å². The molecule has 2 aromatic carbocycles. The van der Waals surface area contributed by atoms with Crippen molar-refractivity contribution in [2.45, 2.75) is 44.9 Å². The number of allylic oxidation sites excluding steroid dienone is 2. The van der Waals surface area contributed by atoms with E-state index >= 15 is 0 Å². The maximum Gasteiger partial charge on any atom is 0.264 e. The molecule has 1 N–H and O–H groups in total. The van der Waals surface area contributed by atoms with Crippen LogP contribution in [0.1, 0.15) is 45.7 Å². The lowest BCUT2D eigenvalue weighted by atomic mass is 9.73. The van der Waals surface area contributed by atoms with Crippen LogP contribution in [0, 0.1) is 11.3 Å². The van der Waals surface area contributed by atoms with Crippen LogP contribution in [0.25, 0.3) is 5.57 Å². The van der Waals surface area contributed by atoms with Gasteiger partial charge in [0.2, 0.25) is 11.8 Å². The van der Waals surface area contributed by atoms with Crippen LogP contribution in [0.3, 0.4) is 0 Å². The van der Waals surface area contributed by atoms with Crippen LogP contribution in [-0.2, 0) is 10.0 Å². The minimum absolute atomic E-state index is 0.0128. The van der Waals surface area contributed by atoms with Gasteiger partial charge in [0.1, 0.15) is 5.75 Å². The van der Waals surface area contributed by atoms with Gasteiger partial charge in [-0.3, -0.25) is 0 Å². The highest BCUT2D eigenvalue weighted by Gasteiger charge is 2.27. The topological polar surface area (TPSA) is 81.2 Å². The summed E-state index contributed by atoms with van der Waals surface area (Å²) in [4.78, 5) is 9.03. The molecule has 1 unspecified atom stereocenters. The van der Waals surface area contributed by atoms with Crippen molar-refractivity contribution >= 4 is 21.5 Å². The molecule has 0 saturated heterocycles. The Labute approximate surface area is 195 Å². The zero-order chi connectivity index (χ0) is 23.5. The number of hydrogen-bond donors (Lipinski definition) is 1. The molecule has 0 bridgehead atoms. The lowest BCUT2D eigenvalue weighted by Crippen LogP contribution is -2.22. The molecule has 1 aromatic heterocycles. The quantitative estimate of drug-likeness (QED) is 0.464. The third-order valence-corrected chi connectivity index (χ3v) is 7.26. The SMILES string of the molecule is CC(C)(C)C1CC=C(c2cc(Oc3ccccc3)nc(NS(=O)(=O)c3ccccc3)n2)CC1. The minimum Gasteiger partial charge on any atom is -0.439 e. The summed E-state index contributed by atoms with van der Waals surface area (Å²) in [6.45, 7) is 6.80. The highest BCUT2D eigenvalue weighted by molar-refractivity contribution is 7.92. The van der Waals surface area contributed by atoms with E-state index in [0.717, 1.165) is 24.8 Å². The molecule has 7 heteroatoms. The summed E-state index contributed by atoms with van der Waals surface area (Å²) in [5.74, 6) is 1.49. The van der Waals surface area contributed by atoms with E-state index in [-0.39, 0.29) is 22.1 Å². The predicted octanol–water partition coefficient (Wildman–Crippen LogP) is 6.30. The van der Waals surface area contributed by atoms with Gasteiger partial charge in [-0.1, -0.05) is 63.2 Å². The zero-order valence-corrected chi connectivity index (χ0v) is 20.0. The third-order valence-electron chi connectivity index (χ3n) is 5.91. The molecule has 172 valence electrons. The normalized spacial score (nSPS) is 16.7. The monoisotopic (exact) mass is 463 g/mol. The molecule has 0 amide bonds.